The molecule has 0 bridgehead atoms. The maximum atomic E-state index is 13.3. The Balaban J connectivity index is 1.43. The van der Waals surface area contributed by atoms with E-state index < -0.39 is 10.0 Å². The predicted octanol–water partition coefficient (Wildman–Crippen LogP) is 3.88. The molecule has 0 unspecified atom stereocenters. The van der Waals surface area contributed by atoms with Crippen LogP contribution in [-0.4, -0.2) is 58.1 Å². The zero-order valence-corrected chi connectivity index (χ0v) is 21.0. The molecule has 0 amide bonds. The first-order valence-electron chi connectivity index (χ1n) is 10.8. The van der Waals surface area contributed by atoms with E-state index in [1.165, 1.54) is 41.3 Å². The quantitative estimate of drug-likeness (QED) is 0.504. The van der Waals surface area contributed by atoms with Crippen LogP contribution in [0.1, 0.15) is 22.4 Å². The van der Waals surface area contributed by atoms with E-state index in [1.54, 1.807) is 23.5 Å². The minimum absolute atomic E-state index is 0.128. The summed E-state index contributed by atoms with van der Waals surface area (Å²) in [5.74, 6) is 0.793. The first-order chi connectivity index (χ1) is 15.8. The molecule has 1 saturated heterocycles. The maximum Gasteiger partial charge on any atom is 0.247 e. The smallest absolute Gasteiger partial charge is 0.247 e. The van der Waals surface area contributed by atoms with E-state index in [1.807, 2.05) is 0 Å². The number of nitrogens with zero attached hydrogens (tertiary/aromatic N) is 3. The molecule has 1 fully saturated rings. The molecular formula is C24H29N3O4S2. The SMILES string of the molecule is COc1ccc(OC)c(S(=O)(=O)N2CCN(c3nc(Cc4ccc(C)c(C)c4)cs3)CC2)c1. The molecule has 0 aliphatic carbocycles. The van der Waals surface area contributed by atoms with Gasteiger partial charge in [0.05, 0.1) is 19.9 Å². The molecular weight excluding hydrogens is 458 g/mol. The van der Waals surface area contributed by atoms with Crippen molar-refractivity contribution < 1.29 is 17.9 Å². The van der Waals surface area contributed by atoms with Gasteiger partial charge in [-0.15, -0.1) is 11.3 Å². The standard InChI is InChI=1S/C24H29N3O4S2/c1-17-5-6-19(13-18(17)2)14-20-16-32-24(25-20)26-9-11-27(12-10-26)33(28,29)23-15-21(30-3)7-8-22(23)31-4/h5-8,13,15-16H,9-12,14H2,1-4H3. The zero-order valence-electron chi connectivity index (χ0n) is 19.4. The average molecular weight is 488 g/mol. The number of aromatic nitrogens is 1. The number of anilines is 1. The Morgan fingerprint density at radius 3 is 2.39 bits per heavy atom. The summed E-state index contributed by atoms with van der Waals surface area (Å²) in [6, 6.07) is 11.3. The van der Waals surface area contributed by atoms with Crippen molar-refractivity contribution in [2.75, 3.05) is 45.3 Å². The van der Waals surface area contributed by atoms with Crippen LogP contribution in [0.4, 0.5) is 5.13 Å². The molecule has 0 atom stereocenters. The highest BCUT2D eigenvalue weighted by atomic mass is 32.2. The summed E-state index contributed by atoms with van der Waals surface area (Å²) in [7, 11) is -0.719. The molecule has 1 aliphatic heterocycles. The minimum atomic E-state index is -3.70. The Bertz CT molecular complexity index is 1230. The number of rotatable bonds is 7. The van der Waals surface area contributed by atoms with Gasteiger partial charge >= 0.3 is 0 Å². The van der Waals surface area contributed by atoms with Crippen LogP contribution in [0, 0.1) is 13.8 Å². The van der Waals surface area contributed by atoms with Crippen molar-refractivity contribution in [3.8, 4) is 11.5 Å². The normalized spacial score (nSPS) is 15.0. The Morgan fingerprint density at radius 2 is 1.73 bits per heavy atom. The molecule has 176 valence electrons. The molecule has 0 spiro atoms. The van der Waals surface area contributed by atoms with Gasteiger partial charge in [0.25, 0.3) is 0 Å². The number of aryl methyl sites for hydroxylation is 2. The van der Waals surface area contributed by atoms with Crippen molar-refractivity contribution in [2.45, 2.75) is 25.2 Å². The summed E-state index contributed by atoms with van der Waals surface area (Å²) in [6.07, 6.45) is 0.793. The Hall–Kier alpha value is -2.62. The molecule has 0 N–H and O–H groups in total. The van der Waals surface area contributed by atoms with E-state index in [0.717, 1.165) is 17.2 Å². The third-order valence-corrected chi connectivity index (χ3v) is 8.86. The maximum absolute atomic E-state index is 13.3. The van der Waals surface area contributed by atoms with Crippen molar-refractivity contribution in [2.24, 2.45) is 0 Å². The monoisotopic (exact) mass is 487 g/mol. The third kappa shape index (κ3) is 5.00. The lowest BCUT2D eigenvalue weighted by molar-refractivity contribution is 0.370. The van der Waals surface area contributed by atoms with Crippen molar-refractivity contribution in [1.29, 1.82) is 0 Å². The number of methoxy groups -OCH3 is 2. The predicted molar refractivity (Wildman–Crippen MR) is 131 cm³/mol. The van der Waals surface area contributed by atoms with Gasteiger partial charge in [-0.1, -0.05) is 18.2 Å². The number of hydrogen-bond donors (Lipinski definition) is 0. The second kappa shape index (κ2) is 9.70. The second-order valence-electron chi connectivity index (χ2n) is 8.12. The van der Waals surface area contributed by atoms with Gasteiger partial charge in [-0.3, -0.25) is 0 Å². The van der Waals surface area contributed by atoms with E-state index in [2.05, 4.69) is 42.3 Å². The van der Waals surface area contributed by atoms with Crippen molar-refractivity contribution in [1.82, 2.24) is 9.29 Å². The molecule has 2 aromatic carbocycles. The highest BCUT2D eigenvalue weighted by molar-refractivity contribution is 7.89. The van der Waals surface area contributed by atoms with E-state index in [-0.39, 0.29) is 4.90 Å². The lowest BCUT2D eigenvalue weighted by atomic mass is 10.0. The summed E-state index contributed by atoms with van der Waals surface area (Å²) < 4.78 is 38.6. The Labute approximate surface area is 199 Å². The number of ether oxygens (including phenoxy) is 2. The summed E-state index contributed by atoms with van der Waals surface area (Å²) >= 11 is 1.61. The van der Waals surface area contributed by atoms with E-state index in [9.17, 15) is 8.42 Å². The number of benzene rings is 2. The minimum Gasteiger partial charge on any atom is -0.497 e. The molecule has 3 aromatic rings. The molecule has 9 heteroatoms. The highest BCUT2D eigenvalue weighted by Gasteiger charge is 2.32. The van der Waals surface area contributed by atoms with Crippen LogP contribution in [0.15, 0.2) is 46.7 Å². The first kappa shape index (κ1) is 23.5. The lowest BCUT2D eigenvalue weighted by Crippen LogP contribution is -2.48. The van der Waals surface area contributed by atoms with Gasteiger partial charge in [0, 0.05) is 44.0 Å². The van der Waals surface area contributed by atoms with Gasteiger partial charge in [-0.25, -0.2) is 13.4 Å². The van der Waals surface area contributed by atoms with Crippen LogP contribution in [0.3, 0.4) is 0 Å². The van der Waals surface area contributed by atoms with Crippen LogP contribution >= 0.6 is 11.3 Å². The van der Waals surface area contributed by atoms with Crippen molar-refractivity contribution >= 4 is 26.5 Å². The summed E-state index contributed by atoms with van der Waals surface area (Å²) in [6.45, 7) is 6.18. The van der Waals surface area contributed by atoms with Gasteiger partial charge in [-0.2, -0.15) is 4.31 Å². The third-order valence-electron chi connectivity index (χ3n) is 5.99. The zero-order chi connectivity index (χ0) is 23.6. The van der Waals surface area contributed by atoms with E-state index >= 15 is 0 Å². The molecule has 1 aromatic heterocycles. The fraction of sp³-hybridized carbons (Fsp3) is 0.375. The van der Waals surface area contributed by atoms with Gasteiger partial charge in [0.2, 0.25) is 10.0 Å². The fourth-order valence-electron chi connectivity index (χ4n) is 3.89. The van der Waals surface area contributed by atoms with Gasteiger partial charge < -0.3 is 14.4 Å². The van der Waals surface area contributed by atoms with Crippen LogP contribution < -0.4 is 14.4 Å². The van der Waals surface area contributed by atoms with E-state index in [4.69, 9.17) is 14.5 Å². The Morgan fingerprint density at radius 1 is 0.970 bits per heavy atom. The van der Waals surface area contributed by atoms with Gasteiger partial charge in [0.15, 0.2) is 5.13 Å². The van der Waals surface area contributed by atoms with Crippen LogP contribution in [0.5, 0.6) is 11.5 Å². The van der Waals surface area contributed by atoms with Crippen molar-refractivity contribution in [3.05, 3.63) is 64.2 Å². The first-order valence-corrected chi connectivity index (χ1v) is 13.1. The molecule has 4 rings (SSSR count). The topological polar surface area (TPSA) is 72.0 Å². The molecule has 1 aliphatic rings. The fourth-order valence-corrected chi connectivity index (χ4v) is 6.36. The summed E-state index contributed by atoms with van der Waals surface area (Å²) in [5, 5.41) is 3.03. The summed E-state index contributed by atoms with van der Waals surface area (Å²) in [5.41, 5.74) is 4.86. The molecule has 33 heavy (non-hydrogen) atoms. The van der Waals surface area contributed by atoms with Gasteiger partial charge in [0.1, 0.15) is 16.4 Å². The highest BCUT2D eigenvalue weighted by Crippen LogP contribution is 2.32. The number of piperazine rings is 1. The van der Waals surface area contributed by atoms with Gasteiger partial charge in [-0.05, 0) is 42.7 Å². The largest absolute Gasteiger partial charge is 0.497 e. The number of thiazole rings is 1. The molecule has 0 saturated carbocycles. The average Bonchev–Trinajstić information content (AvgIpc) is 3.29. The lowest BCUT2D eigenvalue weighted by Gasteiger charge is -2.34. The Kier molecular flexibility index (Phi) is 6.92. The molecule has 0 radical (unpaired) electrons. The number of sulfonamides is 1. The molecule has 2 heterocycles. The number of hydrogen-bond acceptors (Lipinski definition) is 7. The second-order valence-corrected chi connectivity index (χ2v) is 10.9. The van der Waals surface area contributed by atoms with Crippen molar-refractivity contribution in [3.63, 3.8) is 0 Å². The summed E-state index contributed by atoms with van der Waals surface area (Å²) in [4.78, 5) is 7.10. The van der Waals surface area contributed by atoms with Crippen LogP contribution in [0.25, 0.3) is 0 Å². The van der Waals surface area contributed by atoms with Crippen LogP contribution in [-0.2, 0) is 16.4 Å². The molecule has 7 nitrogen and oxygen atoms in total. The van der Waals surface area contributed by atoms with Crippen LogP contribution in [0.2, 0.25) is 0 Å². The van der Waals surface area contributed by atoms with E-state index in [0.29, 0.717) is 37.7 Å².